The smallest absolute Gasteiger partial charge is 0.123 e. The number of ether oxygens (including phenoxy) is 1. The molecule has 0 aliphatic heterocycles. The van der Waals surface area contributed by atoms with E-state index in [0.29, 0.717) is 0 Å². The SMILES string of the molecule is CCCNCc1ccccc1OCCc1ccccc1. The predicted octanol–water partition coefficient (Wildman–Crippen LogP) is 3.81. The lowest BCUT2D eigenvalue weighted by Gasteiger charge is -2.12. The second-order valence-electron chi connectivity index (χ2n) is 4.87. The van der Waals surface area contributed by atoms with Gasteiger partial charge in [0.2, 0.25) is 0 Å². The third-order valence-electron chi connectivity index (χ3n) is 3.21. The van der Waals surface area contributed by atoms with Crippen molar-refractivity contribution in [1.29, 1.82) is 0 Å². The highest BCUT2D eigenvalue weighted by Gasteiger charge is 2.02. The maximum atomic E-state index is 5.93. The molecule has 0 bridgehead atoms. The highest BCUT2D eigenvalue weighted by Crippen LogP contribution is 2.18. The van der Waals surface area contributed by atoms with Gasteiger partial charge in [0.25, 0.3) is 0 Å². The molecule has 2 nitrogen and oxygen atoms in total. The zero-order chi connectivity index (χ0) is 14.0. The average Bonchev–Trinajstić information content (AvgIpc) is 2.50. The third kappa shape index (κ3) is 4.71. The Kier molecular flexibility index (Phi) is 6.12. The summed E-state index contributed by atoms with van der Waals surface area (Å²) in [5.74, 6) is 0.993. The Morgan fingerprint density at radius 1 is 0.950 bits per heavy atom. The first-order valence-electron chi connectivity index (χ1n) is 7.35. The van der Waals surface area contributed by atoms with E-state index in [2.05, 4.69) is 48.6 Å². The van der Waals surface area contributed by atoms with Crippen molar-refractivity contribution < 1.29 is 4.74 Å². The second kappa shape index (κ2) is 8.39. The average molecular weight is 269 g/mol. The third-order valence-corrected chi connectivity index (χ3v) is 3.21. The van der Waals surface area contributed by atoms with Gasteiger partial charge in [-0.2, -0.15) is 0 Å². The summed E-state index contributed by atoms with van der Waals surface area (Å²) in [6.45, 7) is 4.80. The van der Waals surface area contributed by atoms with Crippen molar-refractivity contribution in [2.45, 2.75) is 26.3 Å². The molecule has 2 aromatic rings. The van der Waals surface area contributed by atoms with Crippen LogP contribution in [0.4, 0.5) is 0 Å². The van der Waals surface area contributed by atoms with Crippen molar-refractivity contribution in [2.24, 2.45) is 0 Å². The molecular formula is C18H23NO. The summed E-state index contributed by atoms with van der Waals surface area (Å²) in [6.07, 6.45) is 2.09. The van der Waals surface area contributed by atoms with Crippen molar-refractivity contribution >= 4 is 0 Å². The molecule has 0 atom stereocenters. The van der Waals surface area contributed by atoms with E-state index in [1.54, 1.807) is 0 Å². The summed E-state index contributed by atoms with van der Waals surface area (Å²) in [7, 11) is 0. The van der Waals surface area contributed by atoms with Gasteiger partial charge in [0.15, 0.2) is 0 Å². The highest BCUT2D eigenvalue weighted by atomic mass is 16.5. The zero-order valence-corrected chi connectivity index (χ0v) is 12.1. The molecule has 0 saturated heterocycles. The Morgan fingerprint density at radius 3 is 2.50 bits per heavy atom. The van der Waals surface area contributed by atoms with E-state index >= 15 is 0 Å². The standard InChI is InChI=1S/C18H23NO/c1-2-13-19-15-17-10-6-7-11-18(17)20-14-12-16-8-4-3-5-9-16/h3-11,19H,2,12-15H2,1H3. The van der Waals surface area contributed by atoms with Crippen LogP contribution in [-0.2, 0) is 13.0 Å². The molecule has 0 unspecified atom stereocenters. The lowest BCUT2D eigenvalue weighted by atomic mass is 10.1. The molecule has 2 rings (SSSR count). The van der Waals surface area contributed by atoms with Crippen LogP contribution in [0.2, 0.25) is 0 Å². The number of nitrogens with one attached hydrogen (secondary N) is 1. The van der Waals surface area contributed by atoms with Crippen molar-refractivity contribution in [3.63, 3.8) is 0 Å². The summed E-state index contributed by atoms with van der Waals surface area (Å²) in [6, 6.07) is 18.7. The molecule has 0 heterocycles. The largest absolute Gasteiger partial charge is 0.493 e. The maximum Gasteiger partial charge on any atom is 0.123 e. The quantitative estimate of drug-likeness (QED) is 0.736. The van der Waals surface area contributed by atoms with Gasteiger partial charge >= 0.3 is 0 Å². The van der Waals surface area contributed by atoms with Crippen LogP contribution in [0.25, 0.3) is 0 Å². The summed E-state index contributed by atoms with van der Waals surface area (Å²) < 4.78 is 5.93. The molecule has 0 aromatic heterocycles. The molecule has 2 heteroatoms. The normalized spacial score (nSPS) is 10.4. The van der Waals surface area contributed by atoms with Crippen LogP contribution in [0.15, 0.2) is 54.6 Å². The topological polar surface area (TPSA) is 21.3 Å². The Labute approximate surface area is 121 Å². The Morgan fingerprint density at radius 2 is 1.70 bits per heavy atom. The van der Waals surface area contributed by atoms with Gasteiger partial charge in [-0.1, -0.05) is 55.5 Å². The van der Waals surface area contributed by atoms with E-state index in [0.717, 1.165) is 38.3 Å². The first-order valence-corrected chi connectivity index (χ1v) is 7.35. The van der Waals surface area contributed by atoms with Crippen LogP contribution in [0.5, 0.6) is 5.75 Å². The fourth-order valence-electron chi connectivity index (χ4n) is 2.11. The number of benzene rings is 2. The fourth-order valence-corrected chi connectivity index (χ4v) is 2.11. The maximum absolute atomic E-state index is 5.93. The van der Waals surface area contributed by atoms with Crippen molar-refractivity contribution in [2.75, 3.05) is 13.2 Å². The van der Waals surface area contributed by atoms with E-state index in [1.165, 1.54) is 11.1 Å². The lowest BCUT2D eigenvalue weighted by Crippen LogP contribution is -2.15. The zero-order valence-electron chi connectivity index (χ0n) is 12.1. The number of rotatable bonds is 8. The molecule has 0 aliphatic carbocycles. The van der Waals surface area contributed by atoms with Gasteiger partial charge < -0.3 is 10.1 Å². The van der Waals surface area contributed by atoms with Gasteiger partial charge in [0.05, 0.1) is 6.61 Å². The molecule has 0 spiro atoms. The first kappa shape index (κ1) is 14.6. The molecule has 0 fully saturated rings. The Balaban J connectivity index is 1.85. The van der Waals surface area contributed by atoms with E-state index < -0.39 is 0 Å². The summed E-state index contributed by atoms with van der Waals surface area (Å²) >= 11 is 0. The molecule has 0 radical (unpaired) electrons. The van der Waals surface area contributed by atoms with E-state index in [9.17, 15) is 0 Å². The van der Waals surface area contributed by atoms with E-state index in [-0.39, 0.29) is 0 Å². The highest BCUT2D eigenvalue weighted by molar-refractivity contribution is 5.33. The molecule has 20 heavy (non-hydrogen) atoms. The molecule has 0 aliphatic rings. The minimum Gasteiger partial charge on any atom is -0.493 e. The van der Waals surface area contributed by atoms with Gasteiger partial charge in [-0.25, -0.2) is 0 Å². The van der Waals surface area contributed by atoms with Crippen molar-refractivity contribution in [1.82, 2.24) is 5.32 Å². The Bertz CT molecular complexity index is 496. The lowest BCUT2D eigenvalue weighted by molar-refractivity contribution is 0.317. The number of hydrogen-bond donors (Lipinski definition) is 1. The predicted molar refractivity (Wildman–Crippen MR) is 84.1 cm³/mol. The van der Waals surface area contributed by atoms with E-state index in [4.69, 9.17) is 4.74 Å². The Hall–Kier alpha value is -1.80. The van der Waals surface area contributed by atoms with Crippen molar-refractivity contribution in [3.8, 4) is 5.75 Å². The van der Waals surface area contributed by atoms with Crippen LogP contribution in [-0.4, -0.2) is 13.2 Å². The van der Waals surface area contributed by atoms with E-state index in [1.807, 2.05) is 18.2 Å². The van der Waals surface area contributed by atoms with Crippen molar-refractivity contribution in [3.05, 3.63) is 65.7 Å². The molecule has 106 valence electrons. The minimum absolute atomic E-state index is 0.717. The molecule has 0 saturated carbocycles. The minimum atomic E-state index is 0.717. The summed E-state index contributed by atoms with van der Waals surface area (Å²) in [4.78, 5) is 0. The monoisotopic (exact) mass is 269 g/mol. The number of hydrogen-bond acceptors (Lipinski definition) is 2. The van der Waals surface area contributed by atoms with Gasteiger partial charge in [-0.05, 0) is 24.6 Å². The second-order valence-corrected chi connectivity index (χ2v) is 4.87. The number of para-hydroxylation sites is 1. The molecule has 0 amide bonds. The van der Waals surface area contributed by atoms with Crippen LogP contribution >= 0.6 is 0 Å². The van der Waals surface area contributed by atoms with Crippen LogP contribution < -0.4 is 10.1 Å². The summed E-state index contributed by atoms with van der Waals surface area (Å²) in [5.41, 5.74) is 2.54. The molecule has 1 N–H and O–H groups in total. The van der Waals surface area contributed by atoms with Gasteiger partial charge in [-0.15, -0.1) is 0 Å². The van der Waals surface area contributed by atoms with Crippen LogP contribution in [0, 0.1) is 0 Å². The fraction of sp³-hybridized carbons (Fsp3) is 0.333. The van der Waals surface area contributed by atoms with Gasteiger partial charge in [-0.3, -0.25) is 0 Å². The molecule has 2 aromatic carbocycles. The van der Waals surface area contributed by atoms with Gasteiger partial charge in [0.1, 0.15) is 5.75 Å². The van der Waals surface area contributed by atoms with Gasteiger partial charge in [0, 0.05) is 18.5 Å². The van der Waals surface area contributed by atoms with Crippen LogP contribution in [0.1, 0.15) is 24.5 Å². The van der Waals surface area contributed by atoms with Crippen LogP contribution in [0.3, 0.4) is 0 Å². The first-order chi connectivity index (χ1) is 9.90. The molecular weight excluding hydrogens is 246 g/mol. The summed E-state index contributed by atoms with van der Waals surface area (Å²) in [5, 5.41) is 3.42.